The summed E-state index contributed by atoms with van der Waals surface area (Å²) in [7, 11) is 1.95. The number of amides is 2. The van der Waals surface area contributed by atoms with Gasteiger partial charge in [0, 0.05) is 55.9 Å². The molecule has 2 amide bonds. The third-order valence-corrected chi connectivity index (χ3v) is 4.94. The summed E-state index contributed by atoms with van der Waals surface area (Å²) in [5, 5.41) is 7.93. The standard InChI is InChI=1S/C18H20F3N7O/c1-27-4-6-28(7-5-27)14-3-2-12(8-13(14)18(19,20)21)24-16-22-9-11-10-23-17(29)26-15(11)25-16/h2-3,8-9H,4-7,10H2,1H3,(H3,22,23,24,25,26,29). The molecule has 2 aliphatic rings. The number of nitrogens with one attached hydrogen (secondary N) is 3. The average Bonchev–Trinajstić information content (AvgIpc) is 2.68. The van der Waals surface area contributed by atoms with Crippen LogP contribution in [0.4, 0.5) is 41.1 Å². The van der Waals surface area contributed by atoms with Crippen molar-refractivity contribution in [2.24, 2.45) is 0 Å². The van der Waals surface area contributed by atoms with Gasteiger partial charge in [-0.25, -0.2) is 9.78 Å². The van der Waals surface area contributed by atoms with Crippen molar-refractivity contribution in [3.05, 3.63) is 35.5 Å². The van der Waals surface area contributed by atoms with Gasteiger partial charge in [0.05, 0.1) is 5.56 Å². The third-order valence-electron chi connectivity index (χ3n) is 4.94. The second-order valence-corrected chi connectivity index (χ2v) is 7.02. The van der Waals surface area contributed by atoms with Crippen LogP contribution in [0.2, 0.25) is 0 Å². The Hall–Kier alpha value is -3.08. The molecule has 3 heterocycles. The molecular formula is C18H20F3N7O. The number of carbonyl (C=O) groups is 1. The van der Waals surface area contributed by atoms with Gasteiger partial charge in [0.2, 0.25) is 5.95 Å². The lowest BCUT2D eigenvalue weighted by Crippen LogP contribution is -2.45. The molecule has 4 rings (SSSR count). The van der Waals surface area contributed by atoms with E-state index >= 15 is 0 Å². The highest BCUT2D eigenvalue weighted by atomic mass is 19.4. The number of rotatable bonds is 3. The summed E-state index contributed by atoms with van der Waals surface area (Å²) >= 11 is 0. The number of anilines is 4. The minimum Gasteiger partial charge on any atom is -0.368 e. The Kier molecular flexibility index (Phi) is 4.91. The molecule has 0 radical (unpaired) electrons. The first-order valence-electron chi connectivity index (χ1n) is 9.12. The van der Waals surface area contributed by atoms with E-state index in [4.69, 9.17) is 0 Å². The van der Waals surface area contributed by atoms with Crippen LogP contribution in [0.5, 0.6) is 0 Å². The summed E-state index contributed by atoms with van der Waals surface area (Å²) in [6.07, 6.45) is -2.98. The van der Waals surface area contributed by atoms with Crippen molar-refractivity contribution in [1.82, 2.24) is 20.2 Å². The van der Waals surface area contributed by atoms with Gasteiger partial charge in [0.25, 0.3) is 0 Å². The number of urea groups is 1. The van der Waals surface area contributed by atoms with Gasteiger partial charge in [-0.15, -0.1) is 0 Å². The van der Waals surface area contributed by atoms with Crippen LogP contribution in [0.3, 0.4) is 0 Å². The normalized spacial score (nSPS) is 17.4. The van der Waals surface area contributed by atoms with Crippen molar-refractivity contribution in [1.29, 1.82) is 0 Å². The monoisotopic (exact) mass is 407 g/mol. The van der Waals surface area contributed by atoms with Crippen LogP contribution >= 0.6 is 0 Å². The number of hydrogen-bond acceptors (Lipinski definition) is 6. The first-order valence-corrected chi connectivity index (χ1v) is 9.12. The van der Waals surface area contributed by atoms with E-state index in [0.29, 0.717) is 44.1 Å². The molecular weight excluding hydrogens is 387 g/mol. The van der Waals surface area contributed by atoms with Crippen molar-refractivity contribution >= 4 is 29.2 Å². The fourth-order valence-corrected chi connectivity index (χ4v) is 3.32. The molecule has 2 aliphatic heterocycles. The van der Waals surface area contributed by atoms with Crippen LogP contribution in [0, 0.1) is 0 Å². The van der Waals surface area contributed by atoms with Gasteiger partial charge in [-0.1, -0.05) is 0 Å². The van der Waals surface area contributed by atoms with E-state index in [-0.39, 0.29) is 17.3 Å². The Balaban J connectivity index is 1.60. The summed E-state index contributed by atoms with van der Waals surface area (Å²) in [6, 6.07) is 3.72. The number of halogens is 3. The molecule has 1 saturated heterocycles. The topological polar surface area (TPSA) is 85.4 Å². The minimum atomic E-state index is -4.49. The minimum absolute atomic E-state index is 0.103. The van der Waals surface area contributed by atoms with E-state index in [9.17, 15) is 18.0 Å². The molecule has 0 bridgehead atoms. The maximum Gasteiger partial charge on any atom is 0.418 e. The first kappa shape index (κ1) is 19.2. The molecule has 0 saturated carbocycles. The van der Waals surface area contributed by atoms with Crippen molar-refractivity contribution < 1.29 is 18.0 Å². The highest BCUT2D eigenvalue weighted by Gasteiger charge is 2.35. The van der Waals surface area contributed by atoms with E-state index in [2.05, 4.69) is 30.8 Å². The average molecular weight is 407 g/mol. The van der Waals surface area contributed by atoms with E-state index in [1.54, 1.807) is 11.0 Å². The van der Waals surface area contributed by atoms with Gasteiger partial charge in [-0.05, 0) is 25.2 Å². The van der Waals surface area contributed by atoms with Gasteiger partial charge in [0.15, 0.2) is 0 Å². The lowest BCUT2D eigenvalue weighted by Gasteiger charge is -2.35. The van der Waals surface area contributed by atoms with Crippen molar-refractivity contribution in [3.8, 4) is 0 Å². The number of nitrogens with zero attached hydrogens (tertiary/aromatic N) is 4. The van der Waals surface area contributed by atoms with Crippen molar-refractivity contribution in [2.45, 2.75) is 12.7 Å². The number of alkyl halides is 3. The molecule has 8 nitrogen and oxygen atoms in total. The number of piperazine rings is 1. The Morgan fingerprint density at radius 1 is 1.17 bits per heavy atom. The summed E-state index contributed by atoms with van der Waals surface area (Å²) in [4.78, 5) is 23.6. The van der Waals surface area contributed by atoms with E-state index in [0.717, 1.165) is 6.07 Å². The van der Waals surface area contributed by atoms with Crippen LogP contribution in [0.15, 0.2) is 24.4 Å². The molecule has 3 N–H and O–H groups in total. The first-order chi connectivity index (χ1) is 13.8. The number of fused-ring (bicyclic) bond motifs is 1. The molecule has 2 aromatic rings. The predicted molar refractivity (Wildman–Crippen MR) is 102 cm³/mol. The summed E-state index contributed by atoms with van der Waals surface area (Å²) < 4.78 is 41.1. The maximum absolute atomic E-state index is 13.7. The molecule has 0 atom stereocenters. The lowest BCUT2D eigenvalue weighted by atomic mass is 10.1. The molecule has 0 aliphatic carbocycles. The zero-order chi connectivity index (χ0) is 20.6. The van der Waals surface area contributed by atoms with Crippen molar-refractivity contribution in [2.75, 3.05) is 48.8 Å². The second-order valence-electron chi connectivity index (χ2n) is 7.02. The van der Waals surface area contributed by atoms with Gasteiger partial charge in [0.1, 0.15) is 5.82 Å². The predicted octanol–water partition coefficient (Wildman–Crippen LogP) is 2.63. The van der Waals surface area contributed by atoms with Crippen LogP contribution in [-0.2, 0) is 12.7 Å². The van der Waals surface area contributed by atoms with Crippen LogP contribution in [-0.4, -0.2) is 54.1 Å². The number of hydrogen-bond donors (Lipinski definition) is 3. The lowest BCUT2D eigenvalue weighted by molar-refractivity contribution is -0.137. The fraction of sp³-hybridized carbons (Fsp3) is 0.389. The smallest absolute Gasteiger partial charge is 0.368 e. The molecule has 154 valence electrons. The van der Waals surface area contributed by atoms with Crippen molar-refractivity contribution in [3.63, 3.8) is 0 Å². The van der Waals surface area contributed by atoms with E-state index < -0.39 is 17.8 Å². The van der Waals surface area contributed by atoms with Crippen LogP contribution < -0.4 is 20.9 Å². The molecule has 1 aromatic heterocycles. The third kappa shape index (κ3) is 4.19. The molecule has 0 spiro atoms. The van der Waals surface area contributed by atoms with Crippen LogP contribution in [0.1, 0.15) is 11.1 Å². The highest BCUT2D eigenvalue weighted by Crippen LogP contribution is 2.39. The van der Waals surface area contributed by atoms with E-state index in [1.807, 2.05) is 7.05 Å². The number of likely N-dealkylation sites (N-methyl/N-ethyl adjacent to an activating group) is 1. The largest absolute Gasteiger partial charge is 0.418 e. The SMILES string of the molecule is CN1CCN(c2ccc(Nc3ncc4c(n3)NC(=O)NC4)cc2C(F)(F)F)CC1. The fourth-order valence-electron chi connectivity index (χ4n) is 3.32. The Morgan fingerprint density at radius 3 is 2.66 bits per heavy atom. The molecule has 1 fully saturated rings. The molecule has 29 heavy (non-hydrogen) atoms. The maximum atomic E-state index is 13.7. The Morgan fingerprint density at radius 2 is 1.93 bits per heavy atom. The molecule has 0 unspecified atom stereocenters. The quantitative estimate of drug-likeness (QED) is 0.726. The molecule has 11 heteroatoms. The zero-order valence-corrected chi connectivity index (χ0v) is 15.7. The van der Waals surface area contributed by atoms with Gasteiger partial charge in [-0.3, -0.25) is 5.32 Å². The van der Waals surface area contributed by atoms with E-state index in [1.165, 1.54) is 12.3 Å². The number of aromatic nitrogens is 2. The zero-order valence-electron chi connectivity index (χ0n) is 15.7. The second kappa shape index (κ2) is 7.39. The molecule has 1 aromatic carbocycles. The number of benzene rings is 1. The van der Waals surface area contributed by atoms with Gasteiger partial charge in [-0.2, -0.15) is 18.2 Å². The van der Waals surface area contributed by atoms with Gasteiger partial charge >= 0.3 is 12.2 Å². The summed E-state index contributed by atoms with van der Waals surface area (Å²) in [5.41, 5.74) is 0.371. The Labute approximate surface area is 165 Å². The van der Waals surface area contributed by atoms with Crippen LogP contribution in [0.25, 0.3) is 0 Å². The summed E-state index contributed by atoms with van der Waals surface area (Å²) in [5.74, 6) is 0.433. The summed E-state index contributed by atoms with van der Waals surface area (Å²) in [6.45, 7) is 2.78. The highest BCUT2D eigenvalue weighted by molar-refractivity contribution is 5.91. The Bertz CT molecular complexity index is 926. The number of carbonyl (C=O) groups excluding carboxylic acids is 1. The van der Waals surface area contributed by atoms with Gasteiger partial charge < -0.3 is 20.4 Å².